The van der Waals surface area contributed by atoms with Gasteiger partial charge in [-0.25, -0.2) is 4.39 Å². The molecule has 1 aromatic carbocycles. The lowest BCUT2D eigenvalue weighted by Crippen LogP contribution is -2.28. The molecule has 1 fully saturated rings. The fourth-order valence-corrected chi connectivity index (χ4v) is 3.25. The first-order valence-electron chi connectivity index (χ1n) is 8.48. The minimum absolute atomic E-state index is 0.0514. The lowest BCUT2D eigenvalue weighted by molar-refractivity contribution is 0.0764. The van der Waals surface area contributed by atoms with E-state index in [0.29, 0.717) is 34.8 Å². The quantitative estimate of drug-likeness (QED) is 0.839. The number of halogens is 1. The van der Waals surface area contributed by atoms with E-state index in [1.54, 1.807) is 17.0 Å². The van der Waals surface area contributed by atoms with Gasteiger partial charge in [-0.05, 0) is 50.8 Å². The summed E-state index contributed by atoms with van der Waals surface area (Å²) in [5.41, 5.74) is 1.81. The fraction of sp³-hybridized carbons (Fsp3) is 0.474. The molecule has 2 aromatic rings. The largest absolute Gasteiger partial charge is 0.378 e. The molecule has 1 saturated heterocycles. The standard InChI is InChI=1S/C19H23FN2O2/c1-13-11-17(16-8-7-14(20)12-18(16)21-13)19(23)22(2)9-3-5-15-6-4-10-24-15/h7-8,11-12,15H,3-6,9-10H2,1-2H3. The maximum Gasteiger partial charge on any atom is 0.254 e. The number of carbonyl (C=O) groups is 1. The van der Waals surface area contributed by atoms with Crippen molar-refractivity contribution in [2.45, 2.75) is 38.7 Å². The zero-order valence-corrected chi connectivity index (χ0v) is 14.2. The zero-order chi connectivity index (χ0) is 17.1. The molecule has 24 heavy (non-hydrogen) atoms. The van der Waals surface area contributed by atoms with E-state index < -0.39 is 0 Å². The Hall–Kier alpha value is -2.01. The number of nitrogens with zero attached hydrogens (tertiary/aromatic N) is 2. The van der Waals surface area contributed by atoms with Crippen LogP contribution < -0.4 is 0 Å². The van der Waals surface area contributed by atoms with E-state index in [2.05, 4.69) is 4.98 Å². The molecule has 1 aromatic heterocycles. The van der Waals surface area contributed by atoms with Crippen LogP contribution in [0.3, 0.4) is 0 Å². The van der Waals surface area contributed by atoms with Crippen molar-refractivity contribution in [3.63, 3.8) is 0 Å². The highest BCUT2D eigenvalue weighted by atomic mass is 19.1. The topological polar surface area (TPSA) is 42.4 Å². The van der Waals surface area contributed by atoms with Crippen molar-refractivity contribution < 1.29 is 13.9 Å². The van der Waals surface area contributed by atoms with E-state index in [1.165, 1.54) is 12.1 Å². The van der Waals surface area contributed by atoms with Gasteiger partial charge >= 0.3 is 0 Å². The van der Waals surface area contributed by atoms with E-state index in [0.717, 1.165) is 32.3 Å². The van der Waals surface area contributed by atoms with Crippen molar-refractivity contribution in [2.24, 2.45) is 0 Å². The molecule has 0 N–H and O–H groups in total. The molecule has 0 radical (unpaired) electrons. The molecular weight excluding hydrogens is 307 g/mol. The molecule has 0 spiro atoms. The summed E-state index contributed by atoms with van der Waals surface area (Å²) in [5.74, 6) is -0.395. The van der Waals surface area contributed by atoms with Crippen LogP contribution in [0.4, 0.5) is 4.39 Å². The first kappa shape index (κ1) is 16.8. The molecule has 1 atom stereocenters. The van der Waals surface area contributed by atoms with Gasteiger partial charge in [-0.1, -0.05) is 0 Å². The highest BCUT2D eigenvalue weighted by Crippen LogP contribution is 2.21. The minimum Gasteiger partial charge on any atom is -0.378 e. The molecule has 1 amide bonds. The third kappa shape index (κ3) is 3.73. The van der Waals surface area contributed by atoms with Gasteiger partial charge in [0.25, 0.3) is 5.91 Å². The van der Waals surface area contributed by atoms with Crippen LogP contribution in [0.5, 0.6) is 0 Å². The molecule has 0 bridgehead atoms. The smallest absolute Gasteiger partial charge is 0.254 e. The Morgan fingerprint density at radius 2 is 2.25 bits per heavy atom. The van der Waals surface area contributed by atoms with Gasteiger partial charge in [0.1, 0.15) is 5.82 Å². The Balaban J connectivity index is 1.72. The summed E-state index contributed by atoms with van der Waals surface area (Å²) in [5, 5.41) is 0.693. The molecule has 1 aliphatic rings. The normalized spacial score (nSPS) is 17.4. The van der Waals surface area contributed by atoms with Crippen molar-refractivity contribution in [3.05, 3.63) is 41.3 Å². The van der Waals surface area contributed by atoms with Crippen LogP contribution in [0.2, 0.25) is 0 Å². The summed E-state index contributed by atoms with van der Waals surface area (Å²) in [4.78, 5) is 18.9. The summed E-state index contributed by atoms with van der Waals surface area (Å²) >= 11 is 0. The number of aryl methyl sites for hydroxylation is 1. The molecule has 1 unspecified atom stereocenters. The van der Waals surface area contributed by atoms with Crippen LogP contribution >= 0.6 is 0 Å². The predicted octanol–water partition coefficient (Wildman–Crippen LogP) is 3.71. The number of rotatable bonds is 5. The maximum absolute atomic E-state index is 13.4. The van der Waals surface area contributed by atoms with Gasteiger partial charge < -0.3 is 9.64 Å². The summed E-state index contributed by atoms with van der Waals surface area (Å²) in [7, 11) is 1.81. The number of benzene rings is 1. The van der Waals surface area contributed by atoms with E-state index in [9.17, 15) is 9.18 Å². The Morgan fingerprint density at radius 3 is 3.00 bits per heavy atom. The van der Waals surface area contributed by atoms with Crippen molar-refractivity contribution in [1.82, 2.24) is 9.88 Å². The van der Waals surface area contributed by atoms with Crippen LogP contribution in [0.25, 0.3) is 10.9 Å². The van der Waals surface area contributed by atoms with Gasteiger partial charge in [0.15, 0.2) is 0 Å². The van der Waals surface area contributed by atoms with Crippen molar-refractivity contribution in [3.8, 4) is 0 Å². The molecule has 0 saturated carbocycles. The first-order chi connectivity index (χ1) is 11.5. The van der Waals surface area contributed by atoms with Gasteiger partial charge in [0.2, 0.25) is 0 Å². The SMILES string of the molecule is Cc1cc(C(=O)N(C)CCCC2CCCO2)c2ccc(F)cc2n1. The van der Waals surface area contributed by atoms with Crippen LogP contribution in [-0.4, -0.2) is 42.1 Å². The highest BCUT2D eigenvalue weighted by molar-refractivity contribution is 6.06. The van der Waals surface area contributed by atoms with Crippen LogP contribution in [0, 0.1) is 12.7 Å². The van der Waals surface area contributed by atoms with Crippen molar-refractivity contribution in [2.75, 3.05) is 20.2 Å². The van der Waals surface area contributed by atoms with Gasteiger partial charge in [0, 0.05) is 37.3 Å². The second-order valence-corrected chi connectivity index (χ2v) is 6.48. The van der Waals surface area contributed by atoms with Crippen LogP contribution in [-0.2, 0) is 4.74 Å². The average Bonchev–Trinajstić information content (AvgIpc) is 3.06. The Morgan fingerprint density at radius 1 is 1.42 bits per heavy atom. The number of aromatic nitrogens is 1. The molecular formula is C19H23FN2O2. The number of fused-ring (bicyclic) bond motifs is 1. The summed E-state index contributed by atoms with van der Waals surface area (Å²) < 4.78 is 19.0. The minimum atomic E-state index is -0.344. The summed E-state index contributed by atoms with van der Waals surface area (Å²) in [6.45, 7) is 3.36. The zero-order valence-electron chi connectivity index (χ0n) is 14.2. The Labute approximate surface area is 141 Å². The second kappa shape index (κ2) is 7.26. The number of ether oxygens (including phenoxy) is 1. The number of hydrogen-bond acceptors (Lipinski definition) is 3. The predicted molar refractivity (Wildman–Crippen MR) is 91.6 cm³/mol. The summed E-state index contributed by atoms with van der Waals surface area (Å²) in [6, 6.07) is 6.15. The third-order valence-corrected chi connectivity index (χ3v) is 4.52. The van der Waals surface area contributed by atoms with Crippen molar-refractivity contribution >= 4 is 16.8 Å². The molecule has 2 heterocycles. The lowest BCUT2D eigenvalue weighted by Gasteiger charge is -2.19. The number of hydrogen-bond donors (Lipinski definition) is 0. The maximum atomic E-state index is 13.4. The van der Waals surface area contributed by atoms with Crippen LogP contribution in [0.15, 0.2) is 24.3 Å². The Kier molecular flexibility index (Phi) is 5.09. The Bertz CT molecular complexity index is 736. The van der Waals surface area contributed by atoms with Crippen LogP contribution in [0.1, 0.15) is 41.7 Å². The van der Waals surface area contributed by atoms with E-state index in [-0.39, 0.29) is 11.7 Å². The van der Waals surface area contributed by atoms with Gasteiger partial charge in [-0.2, -0.15) is 0 Å². The third-order valence-electron chi connectivity index (χ3n) is 4.52. The molecule has 128 valence electrons. The number of carbonyl (C=O) groups excluding carboxylic acids is 1. The number of pyridine rings is 1. The summed E-state index contributed by atoms with van der Waals surface area (Å²) in [6.07, 6.45) is 4.51. The van der Waals surface area contributed by atoms with Gasteiger partial charge in [0.05, 0.1) is 17.2 Å². The monoisotopic (exact) mass is 330 g/mol. The lowest BCUT2D eigenvalue weighted by atomic mass is 10.1. The molecule has 3 rings (SSSR count). The highest BCUT2D eigenvalue weighted by Gasteiger charge is 2.18. The van der Waals surface area contributed by atoms with E-state index in [1.807, 2.05) is 14.0 Å². The molecule has 4 nitrogen and oxygen atoms in total. The van der Waals surface area contributed by atoms with E-state index >= 15 is 0 Å². The second-order valence-electron chi connectivity index (χ2n) is 6.48. The van der Waals surface area contributed by atoms with Gasteiger partial charge in [-0.15, -0.1) is 0 Å². The molecule has 0 aliphatic carbocycles. The first-order valence-corrected chi connectivity index (χ1v) is 8.48. The van der Waals surface area contributed by atoms with Gasteiger partial charge in [-0.3, -0.25) is 9.78 Å². The molecule has 1 aliphatic heterocycles. The fourth-order valence-electron chi connectivity index (χ4n) is 3.25. The number of amides is 1. The molecule has 5 heteroatoms. The van der Waals surface area contributed by atoms with Crippen molar-refractivity contribution in [1.29, 1.82) is 0 Å². The van der Waals surface area contributed by atoms with E-state index in [4.69, 9.17) is 4.74 Å². The average molecular weight is 330 g/mol.